The Hall–Kier alpha value is -1.21. The normalized spacial score (nSPS) is 13.4. The van der Waals surface area contributed by atoms with Crippen LogP contribution in [-0.4, -0.2) is 22.6 Å². The van der Waals surface area contributed by atoms with E-state index in [2.05, 4.69) is 10.3 Å². The molecule has 25 heavy (non-hydrogen) atoms. The van der Waals surface area contributed by atoms with Gasteiger partial charge in [-0.15, -0.1) is 11.3 Å². The van der Waals surface area contributed by atoms with Gasteiger partial charge in [0.05, 0.1) is 5.02 Å². The van der Waals surface area contributed by atoms with E-state index in [1.807, 2.05) is 6.20 Å². The van der Waals surface area contributed by atoms with Crippen LogP contribution in [0.2, 0.25) is 5.02 Å². The van der Waals surface area contributed by atoms with Gasteiger partial charge in [-0.2, -0.15) is 0 Å². The number of hydrogen-bond donors (Lipinski definition) is 3. The van der Waals surface area contributed by atoms with Crippen molar-refractivity contribution in [2.75, 3.05) is 6.54 Å². The monoisotopic (exact) mass is 381 g/mol. The topological polar surface area (TPSA) is 74.2 Å². The van der Waals surface area contributed by atoms with Gasteiger partial charge in [0, 0.05) is 35.0 Å². The van der Waals surface area contributed by atoms with Gasteiger partial charge in [-0.3, -0.25) is 10.0 Å². The third-order valence-electron chi connectivity index (χ3n) is 4.69. The van der Waals surface area contributed by atoms with Crippen molar-refractivity contribution < 1.29 is 10.0 Å². The van der Waals surface area contributed by atoms with Crippen LogP contribution in [0.15, 0.2) is 6.20 Å². The van der Waals surface area contributed by atoms with E-state index in [4.69, 9.17) is 16.8 Å². The third kappa shape index (κ3) is 4.50. The Labute approximate surface area is 156 Å². The van der Waals surface area contributed by atoms with Crippen LogP contribution in [0.5, 0.6) is 0 Å². The van der Waals surface area contributed by atoms with Crippen LogP contribution in [0, 0.1) is 0 Å². The molecule has 0 saturated heterocycles. The van der Waals surface area contributed by atoms with Gasteiger partial charge in [0.15, 0.2) is 0 Å². The summed E-state index contributed by atoms with van der Waals surface area (Å²) < 4.78 is 0. The molecule has 136 valence electrons. The van der Waals surface area contributed by atoms with Crippen molar-refractivity contribution in [1.29, 1.82) is 0 Å². The average molecular weight is 382 g/mol. The van der Waals surface area contributed by atoms with E-state index in [9.17, 15) is 4.79 Å². The molecule has 5 nitrogen and oxygen atoms in total. The van der Waals surface area contributed by atoms with E-state index >= 15 is 0 Å². The summed E-state index contributed by atoms with van der Waals surface area (Å²) in [5.74, 6) is -0.310. The van der Waals surface area contributed by atoms with E-state index in [1.165, 1.54) is 28.7 Å². The molecule has 2 aromatic heterocycles. The number of hydroxylamine groups is 1. The number of aromatic nitrogens is 1. The zero-order valence-corrected chi connectivity index (χ0v) is 15.8. The molecule has 1 aliphatic carbocycles. The largest absolute Gasteiger partial charge is 0.313 e. The van der Waals surface area contributed by atoms with Crippen LogP contribution in [0.25, 0.3) is 10.2 Å². The minimum Gasteiger partial charge on any atom is -0.313 e. The number of thiophene rings is 1. The maximum atomic E-state index is 10.9. The molecule has 0 aromatic carbocycles. The first kappa shape index (κ1) is 18.6. The molecule has 2 heterocycles. The Balaban J connectivity index is 1.43. The number of fused-ring (bicyclic) bond motifs is 3. The number of aryl methyl sites for hydroxylation is 2. The average Bonchev–Trinajstić information content (AvgIpc) is 3.19. The summed E-state index contributed by atoms with van der Waals surface area (Å²) in [4.78, 5) is 18.0. The fourth-order valence-corrected chi connectivity index (χ4v) is 4.97. The molecule has 2 aromatic rings. The summed E-state index contributed by atoms with van der Waals surface area (Å²) in [5.41, 5.74) is 4.15. The first-order valence-corrected chi connectivity index (χ1v) is 10.1. The number of unbranched alkanes of at least 4 members (excludes halogenated alkanes) is 3. The minimum absolute atomic E-state index is 0.310. The Morgan fingerprint density at radius 2 is 2.12 bits per heavy atom. The predicted molar refractivity (Wildman–Crippen MR) is 101 cm³/mol. The van der Waals surface area contributed by atoms with E-state index < -0.39 is 0 Å². The second-order valence-corrected chi connectivity index (χ2v) is 7.97. The summed E-state index contributed by atoms with van der Waals surface area (Å²) in [6, 6.07) is 0. The Morgan fingerprint density at radius 1 is 1.28 bits per heavy atom. The Morgan fingerprint density at radius 3 is 2.96 bits per heavy atom. The molecule has 1 amide bonds. The van der Waals surface area contributed by atoms with Crippen molar-refractivity contribution in [3.8, 4) is 0 Å². The molecule has 3 rings (SSSR count). The highest BCUT2D eigenvalue weighted by Gasteiger charge is 2.21. The number of pyridine rings is 1. The van der Waals surface area contributed by atoms with Crippen molar-refractivity contribution in [2.24, 2.45) is 0 Å². The lowest BCUT2D eigenvalue weighted by Crippen LogP contribution is -2.18. The number of amides is 1. The number of nitrogens with zero attached hydrogens (tertiary/aromatic N) is 1. The molecule has 0 unspecified atom stereocenters. The highest BCUT2D eigenvalue weighted by molar-refractivity contribution is 7.19. The van der Waals surface area contributed by atoms with Gasteiger partial charge in [-0.1, -0.05) is 24.4 Å². The number of rotatable bonds is 9. The van der Waals surface area contributed by atoms with Crippen molar-refractivity contribution in [2.45, 2.75) is 57.9 Å². The van der Waals surface area contributed by atoms with Crippen molar-refractivity contribution in [3.63, 3.8) is 0 Å². The quantitative estimate of drug-likeness (QED) is 0.349. The van der Waals surface area contributed by atoms with Crippen LogP contribution in [-0.2, 0) is 24.2 Å². The fourth-order valence-electron chi connectivity index (χ4n) is 3.35. The van der Waals surface area contributed by atoms with E-state index in [-0.39, 0.29) is 5.91 Å². The van der Waals surface area contributed by atoms with E-state index in [0.717, 1.165) is 60.6 Å². The Bertz CT molecular complexity index is 747. The molecule has 0 radical (unpaired) electrons. The standard InChI is InChI=1S/C18H24ClN3O2S/c19-17-12(10-20-9-4-2-1-3-8-15(23)22-24)11-21-18-16(17)13-6-5-7-14(13)25-18/h11,20,24H,1-10H2,(H,22,23). The number of hydrogen-bond acceptors (Lipinski definition) is 5. The maximum absolute atomic E-state index is 10.9. The molecule has 0 atom stereocenters. The first-order chi connectivity index (χ1) is 12.2. The summed E-state index contributed by atoms with van der Waals surface area (Å²) >= 11 is 8.45. The van der Waals surface area contributed by atoms with Crippen molar-refractivity contribution in [3.05, 3.63) is 27.2 Å². The first-order valence-electron chi connectivity index (χ1n) is 8.92. The smallest absolute Gasteiger partial charge is 0.243 e. The van der Waals surface area contributed by atoms with E-state index in [0.29, 0.717) is 6.42 Å². The summed E-state index contributed by atoms with van der Waals surface area (Å²) in [6.07, 6.45) is 9.73. The molecule has 0 aliphatic heterocycles. The van der Waals surface area contributed by atoms with Gasteiger partial charge in [-0.25, -0.2) is 10.5 Å². The van der Waals surface area contributed by atoms with Gasteiger partial charge in [-0.05, 0) is 44.2 Å². The molecule has 0 bridgehead atoms. The van der Waals surface area contributed by atoms with Gasteiger partial charge < -0.3 is 5.32 Å². The lowest BCUT2D eigenvalue weighted by molar-refractivity contribution is -0.129. The number of carbonyl (C=O) groups is 1. The number of carbonyl (C=O) groups excluding carboxylic acids is 1. The highest BCUT2D eigenvalue weighted by atomic mass is 35.5. The predicted octanol–water partition coefficient (Wildman–Crippen LogP) is 3.98. The van der Waals surface area contributed by atoms with Gasteiger partial charge in [0.1, 0.15) is 4.83 Å². The maximum Gasteiger partial charge on any atom is 0.243 e. The van der Waals surface area contributed by atoms with Crippen LogP contribution < -0.4 is 10.8 Å². The number of halogens is 1. The molecular weight excluding hydrogens is 358 g/mol. The van der Waals surface area contributed by atoms with Crippen LogP contribution >= 0.6 is 22.9 Å². The summed E-state index contributed by atoms with van der Waals surface area (Å²) in [5, 5.41) is 13.9. The van der Waals surface area contributed by atoms with E-state index in [1.54, 1.807) is 16.8 Å². The SMILES string of the molecule is O=C(CCCCCCNCc1cnc2sc3c(c2c1Cl)CCC3)NO. The Kier molecular flexibility index (Phi) is 6.64. The molecule has 0 saturated carbocycles. The van der Waals surface area contributed by atoms with Crippen molar-refractivity contribution >= 4 is 39.1 Å². The van der Waals surface area contributed by atoms with Crippen molar-refractivity contribution in [1.82, 2.24) is 15.8 Å². The summed E-state index contributed by atoms with van der Waals surface area (Å²) in [6.45, 7) is 1.65. The lowest BCUT2D eigenvalue weighted by atomic mass is 10.1. The second kappa shape index (κ2) is 8.94. The lowest BCUT2D eigenvalue weighted by Gasteiger charge is -2.08. The van der Waals surface area contributed by atoms with Gasteiger partial charge in [0.25, 0.3) is 0 Å². The van der Waals surface area contributed by atoms with Crippen LogP contribution in [0.3, 0.4) is 0 Å². The van der Waals surface area contributed by atoms with Crippen LogP contribution in [0.1, 0.15) is 54.5 Å². The fraction of sp³-hybridized carbons (Fsp3) is 0.556. The van der Waals surface area contributed by atoms with Gasteiger partial charge in [0.2, 0.25) is 5.91 Å². The summed E-state index contributed by atoms with van der Waals surface area (Å²) in [7, 11) is 0. The second-order valence-electron chi connectivity index (χ2n) is 6.51. The van der Waals surface area contributed by atoms with Crippen LogP contribution in [0.4, 0.5) is 0 Å². The highest BCUT2D eigenvalue weighted by Crippen LogP contribution is 2.40. The molecule has 7 heteroatoms. The molecule has 1 aliphatic rings. The van der Waals surface area contributed by atoms with Gasteiger partial charge >= 0.3 is 0 Å². The third-order valence-corrected chi connectivity index (χ3v) is 6.32. The molecular formula is C18H24ClN3O2S. The zero-order valence-electron chi connectivity index (χ0n) is 14.2. The molecule has 0 fully saturated rings. The molecule has 3 N–H and O–H groups in total. The zero-order chi connectivity index (χ0) is 17.6. The minimum atomic E-state index is -0.310. The molecule has 0 spiro atoms. The number of nitrogens with one attached hydrogen (secondary N) is 2.